The van der Waals surface area contributed by atoms with E-state index in [1.165, 1.54) is 0 Å². The zero-order chi connectivity index (χ0) is 18.0. The van der Waals surface area contributed by atoms with Gasteiger partial charge in [-0.1, -0.05) is 41.9 Å². The summed E-state index contributed by atoms with van der Waals surface area (Å²) in [4.78, 5) is 24.6. The van der Waals surface area contributed by atoms with Gasteiger partial charge in [0.1, 0.15) is 0 Å². The Morgan fingerprint density at radius 1 is 1.04 bits per heavy atom. The summed E-state index contributed by atoms with van der Waals surface area (Å²) in [5, 5.41) is 6.42. The minimum Gasteiger partial charge on any atom is -0.352 e. The standard InChI is InChI=1S/C20H21ClN2O2/c1-12-6-3-4-7-14(12)11-22-19(24)15-10-16(15)20(25)23-18-9-5-8-17(21)13(18)2/h3-9,15-16H,10-11H2,1-2H3,(H,22,24)(H,23,25). The van der Waals surface area contributed by atoms with Crippen LogP contribution in [0.25, 0.3) is 0 Å². The lowest BCUT2D eigenvalue weighted by molar-refractivity contribution is -0.125. The molecule has 2 aromatic rings. The topological polar surface area (TPSA) is 58.2 Å². The molecule has 2 aromatic carbocycles. The molecule has 1 fully saturated rings. The van der Waals surface area contributed by atoms with Crippen molar-refractivity contribution < 1.29 is 9.59 Å². The summed E-state index contributed by atoms with van der Waals surface area (Å²) in [5.74, 6) is -0.702. The number of hydrogen-bond acceptors (Lipinski definition) is 2. The van der Waals surface area contributed by atoms with Gasteiger partial charge in [-0.2, -0.15) is 0 Å². The van der Waals surface area contributed by atoms with Crippen molar-refractivity contribution in [2.45, 2.75) is 26.8 Å². The van der Waals surface area contributed by atoms with Crippen molar-refractivity contribution in [3.63, 3.8) is 0 Å². The molecule has 0 spiro atoms. The summed E-state index contributed by atoms with van der Waals surface area (Å²) in [7, 11) is 0. The van der Waals surface area contributed by atoms with Crippen molar-refractivity contribution in [3.05, 3.63) is 64.2 Å². The lowest BCUT2D eigenvalue weighted by atomic mass is 10.1. The fraction of sp³-hybridized carbons (Fsp3) is 0.300. The Balaban J connectivity index is 1.53. The molecule has 5 heteroatoms. The fourth-order valence-electron chi connectivity index (χ4n) is 2.86. The molecule has 1 saturated carbocycles. The van der Waals surface area contributed by atoms with Crippen LogP contribution >= 0.6 is 11.6 Å². The first-order chi connectivity index (χ1) is 12.0. The molecular weight excluding hydrogens is 336 g/mol. The Hall–Kier alpha value is -2.33. The third-order valence-corrected chi connectivity index (χ3v) is 5.11. The van der Waals surface area contributed by atoms with Gasteiger partial charge in [0.05, 0.1) is 11.8 Å². The number of anilines is 1. The zero-order valence-corrected chi connectivity index (χ0v) is 15.1. The van der Waals surface area contributed by atoms with Gasteiger partial charge in [-0.3, -0.25) is 9.59 Å². The molecule has 2 amide bonds. The number of carbonyl (C=O) groups is 2. The monoisotopic (exact) mass is 356 g/mol. The molecule has 0 radical (unpaired) electrons. The molecule has 2 N–H and O–H groups in total. The summed E-state index contributed by atoms with van der Waals surface area (Å²) >= 11 is 6.07. The molecule has 0 aromatic heterocycles. The Bertz CT molecular complexity index is 819. The van der Waals surface area contributed by atoms with E-state index in [1.807, 2.05) is 44.2 Å². The van der Waals surface area contributed by atoms with E-state index < -0.39 is 0 Å². The minimum absolute atomic E-state index is 0.0637. The van der Waals surface area contributed by atoms with E-state index in [0.717, 1.165) is 16.7 Å². The van der Waals surface area contributed by atoms with Gasteiger partial charge in [0, 0.05) is 17.3 Å². The van der Waals surface area contributed by atoms with Crippen molar-refractivity contribution in [3.8, 4) is 0 Å². The number of nitrogens with one attached hydrogen (secondary N) is 2. The highest BCUT2D eigenvalue weighted by Crippen LogP contribution is 2.40. The molecule has 1 aliphatic carbocycles. The van der Waals surface area contributed by atoms with E-state index >= 15 is 0 Å². The van der Waals surface area contributed by atoms with Crippen molar-refractivity contribution in [1.82, 2.24) is 5.32 Å². The quantitative estimate of drug-likeness (QED) is 0.854. The Morgan fingerprint density at radius 2 is 1.76 bits per heavy atom. The van der Waals surface area contributed by atoms with E-state index in [2.05, 4.69) is 10.6 Å². The van der Waals surface area contributed by atoms with Crippen LogP contribution in [0.2, 0.25) is 5.02 Å². The van der Waals surface area contributed by atoms with Crippen LogP contribution in [0, 0.1) is 25.7 Å². The van der Waals surface area contributed by atoms with E-state index in [1.54, 1.807) is 12.1 Å². The van der Waals surface area contributed by atoms with Crippen LogP contribution < -0.4 is 10.6 Å². The second-order valence-electron chi connectivity index (χ2n) is 6.49. The fourth-order valence-corrected chi connectivity index (χ4v) is 3.04. The highest BCUT2D eigenvalue weighted by molar-refractivity contribution is 6.31. The molecule has 0 saturated heterocycles. The first-order valence-electron chi connectivity index (χ1n) is 8.35. The third-order valence-electron chi connectivity index (χ3n) is 4.70. The van der Waals surface area contributed by atoms with Gasteiger partial charge in [0.25, 0.3) is 0 Å². The molecule has 130 valence electrons. The maximum Gasteiger partial charge on any atom is 0.228 e. The Kier molecular flexibility index (Phi) is 5.09. The highest BCUT2D eigenvalue weighted by atomic mass is 35.5. The van der Waals surface area contributed by atoms with Crippen LogP contribution in [-0.4, -0.2) is 11.8 Å². The maximum atomic E-state index is 12.3. The number of amides is 2. The smallest absolute Gasteiger partial charge is 0.228 e. The summed E-state index contributed by atoms with van der Waals surface area (Å²) < 4.78 is 0. The van der Waals surface area contributed by atoms with E-state index in [0.29, 0.717) is 23.7 Å². The predicted octanol–water partition coefficient (Wildman–Crippen LogP) is 3.85. The average molecular weight is 357 g/mol. The SMILES string of the molecule is Cc1ccccc1CNC(=O)C1CC1C(=O)Nc1cccc(Cl)c1C. The van der Waals surface area contributed by atoms with Crippen molar-refractivity contribution in [2.75, 3.05) is 5.32 Å². The highest BCUT2D eigenvalue weighted by Gasteiger charge is 2.48. The van der Waals surface area contributed by atoms with Gasteiger partial charge >= 0.3 is 0 Å². The van der Waals surface area contributed by atoms with Crippen LogP contribution in [0.4, 0.5) is 5.69 Å². The summed E-state index contributed by atoms with van der Waals surface area (Å²) in [5.41, 5.74) is 3.76. The number of hydrogen-bond donors (Lipinski definition) is 2. The van der Waals surface area contributed by atoms with E-state index in [9.17, 15) is 9.59 Å². The molecule has 2 atom stereocenters. The van der Waals surface area contributed by atoms with Crippen LogP contribution in [0.1, 0.15) is 23.1 Å². The van der Waals surface area contributed by atoms with Gasteiger partial charge in [-0.05, 0) is 49.1 Å². The lowest BCUT2D eigenvalue weighted by Gasteiger charge is -2.10. The minimum atomic E-state index is -0.268. The molecule has 1 aliphatic rings. The van der Waals surface area contributed by atoms with E-state index in [-0.39, 0.29) is 23.7 Å². The molecule has 2 unspecified atom stereocenters. The lowest BCUT2D eigenvalue weighted by Crippen LogP contribution is -2.27. The van der Waals surface area contributed by atoms with Crippen molar-refractivity contribution in [2.24, 2.45) is 11.8 Å². The second kappa shape index (κ2) is 7.28. The van der Waals surface area contributed by atoms with Crippen LogP contribution in [0.3, 0.4) is 0 Å². The van der Waals surface area contributed by atoms with Crippen LogP contribution in [0.5, 0.6) is 0 Å². The van der Waals surface area contributed by atoms with Gasteiger partial charge in [-0.15, -0.1) is 0 Å². The van der Waals surface area contributed by atoms with Gasteiger partial charge in [0.2, 0.25) is 11.8 Å². The summed E-state index contributed by atoms with van der Waals surface area (Å²) in [6.45, 7) is 4.36. The molecular formula is C20H21ClN2O2. The second-order valence-corrected chi connectivity index (χ2v) is 6.90. The van der Waals surface area contributed by atoms with Gasteiger partial charge in [0.15, 0.2) is 0 Å². The molecule has 0 aliphatic heterocycles. The number of aryl methyl sites for hydroxylation is 1. The number of benzene rings is 2. The Morgan fingerprint density at radius 3 is 2.52 bits per heavy atom. The Labute approximate surface area is 152 Å². The van der Waals surface area contributed by atoms with Gasteiger partial charge in [-0.25, -0.2) is 0 Å². The van der Waals surface area contributed by atoms with Crippen LogP contribution in [-0.2, 0) is 16.1 Å². The molecule has 25 heavy (non-hydrogen) atoms. The maximum absolute atomic E-state index is 12.3. The molecule has 0 heterocycles. The summed E-state index contributed by atoms with van der Waals surface area (Å²) in [6, 6.07) is 13.3. The predicted molar refractivity (Wildman–Crippen MR) is 99.4 cm³/mol. The third kappa shape index (κ3) is 4.02. The normalized spacial score (nSPS) is 18.5. The zero-order valence-electron chi connectivity index (χ0n) is 14.3. The summed E-state index contributed by atoms with van der Waals surface area (Å²) in [6.07, 6.45) is 0.588. The molecule has 3 rings (SSSR count). The van der Waals surface area contributed by atoms with E-state index in [4.69, 9.17) is 11.6 Å². The number of carbonyl (C=O) groups excluding carboxylic acids is 2. The van der Waals surface area contributed by atoms with Gasteiger partial charge < -0.3 is 10.6 Å². The van der Waals surface area contributed by atoms with Crippen molar-refractivity contribution >= 4 is 29.1 Å². The largest absolute Gasteiger partial charge is 0.352 e. The first-order valence-corrected chi connectivity index (χ1v) is 8.73. The van der Waals surface area contributed by atoms with Crippen molar-refractivity contribution in [1.29, 1.82) is 0 Å². The first kappa shape index (κ1) is 17.5. The number of halogens is 1. The molecule has 0 bridgehead atoms. The average Bonchev–Trinajstić information content (AvgIpc) is 3.39. The van der Waals surface area contributed by atoms with Crippen LogP contribution in [0.15, 0.2) is 42.5 Å². The number of rotatable bonds is 5. The molecule has 4 nitrogen and oxygen atoms in total.